The summed E-state index contributed by atoms with van der Waals surface area (Å²) < 4.78 is 16.8. The van der Waals surface area contributed by atoms with Gasteiger partial charge in [-0.25, -0.2) is 4.79 Å². The topological polar surface area (TPSA) is 89.7 Å². The van der Waals surface area contributed by atoms with Gasteiger partial charge in [-0.1, -0.05) is 5.16 Å². The molecule has 1 aromatic heterocycles. The monoisotopic (exact) mass is 404 g/mol. The molecule has 160 valence electrons. The second kappa shape index (κ2) is 7.87. The van der Waals surface area contributed by atoms with Crippen molar-refractivity contribution in [3.63, 3.8) is 0 Å². The van der Waals surface area contributed by atoms with E-state index < -0.39 is 0 Å². The van der Waals surface area contributed by atoms with Crippen LogP contribution in [0.5, 0.6) is 0 Å². The number of carbonyl (C=O) groups is 1. The fraction of sp³-hybridized carbons (Fsp3) is 0.857. The molecule has 8 nitrogen and oxygen atoms in total. The van der Waals surface area contributed by atoms with E-state index in [-0.39, 0.29) is 17.6 Å². The summed E-state index contributed by atoms with van der Waals surface area (Å²) in [4.78, 5) is 18.9. The van der Waals surface area contributed by atoms with Gasteiger partial charge in [0.1, 0.15) is 5.60 Å². The summed E-state index contributed by atoms with van der Waals surface area (Å²) in [5.41, 5.74) is -0.214. The molecule has 5 rings (SSSR count). The molecule has 8 heteroatoms. The van der Waals surface area contributed by atoms with Crippen LogP contribution < -0.4 is 5.32 Å². The van der Waals surface area contributed by atoms with Crippen LogP contribution in [0.1, 0.15) is 75.4 Å². The second-order valence-electron chi connectivity index (χ2n) is 9.48. The fourth-order valence-electron chi connectivity index (χ4n) is 4.86. The number of hydrogen-bond acceptors (Lipinski definition) is 7. The molecule has 1 N–H and O–H groups in total. The van der Waals surface area contributed by atoms with E-state index in [0.717, 1.165) is 76.4 Å². The number of nitrogens with zero attached hydrogens (tertiary/aromatic N) is 3. The van der Waals surface area contributed by atoms with Gasteiger partial charge in [0.15, 0.2) is 5.82 Å². The summed E-state index contributed by atoms with van der Waals surface area (Å²) >= 11 is 0. The maximum absolute atomic E-state index is 12.3. The van der Waals surface area contributed by atoms with Crippen molar-refractivity contribution in [2.24, 2.45) is 5.92 Å². The number of nitrogens with one attached hydrogen (secondary N) is 1. The summed E-state index contributed by atoms with van der Waals surface area (Å²) in [6.45, 7) is 6.12. The van der Waals surface area contributed by atoms with Gasteiger partial charge in [-0.15, -0.1) is 0 Å². The van der Waals surface area contributed by atoms with Crippen molar-refractivity contribution < 1.29 is 18.8 Å². The molecule has 4 fully saturated rings. The maximum Gasteiger partial charge on any atom is 0.410 e. The number of aromatic nitrogens is 2. The zero-order valence-corrected chi connectivity index (χ0v) is 17.3. The molecule has 0 aromatic carbocycles. The first-order chi connectivity index (χ1) is 14.1. The summed E-state index contributed by atoms with van der Waals surface area (Å²) in [5.74, 6) is 2.78. The van der Waals surface area contributed by atoms with Crippen LogP contribution >= 0.6 is 0 Å². The molecule has 0 radical (unpaired) electrons. The van der Waals surface area contributed by atoms with Gasteiger partial charge in [-0.05, 0) is 64.3 Å². The highest BCUT2D eigenvalue weighted by Gasteiger charge is 2.43. The van der Waals surface area contributed by atoms with Gasteiger partial charge in [-0.3, -0.25) is 0 Å². The van der Waals surface area contributed by atoms with Gasteiger partial charge in [0.05, 0.1) is 6.61 Å². The lowest BCUT2D eigenvalue weighted by Gasteiger charge is -2.32. The highest BCUT2D eigenvalue weighted by atomic mass is 16.6. The normalized spacial score (nSPS) is 32.3. The van der Waals surface area contributed by atoms with Gasteiger partial charge < -0.3 is 24.2 Å². The summed E-state index contributed by atoms with van der Waals surface area (Å²) in [7, 11) is 0. The molecule has 29 heavy (non-hydrogen) atoms. The van der Waals surface area contributed by atoms with Crippen LogP contribution in [0.25, 0.3) is 0 Å². The molecule has 1 aromatic rings. The second-order valence-corrected chi connectivity index (χ2v) is 9.48. The number of carbonyl (C=O) groups excluding carboxylic acids is 1. The van der Waals surface area contributed by atoms with Gasteiger partial charge in [0.2, 0.25) is 5.89 Å². The standard InChI is InChI=1S/C21H32N4O4/c1-21(6-7-21)28-20(26)25-9-3-14(4-10-25)18-23-19(29-24-18)15-2-8-22-17(12-15)16-5-11-27-13-16/h14-17,22H,2-13H2,1H3/t15?,16-,17?/m0/s1. The van der Waals surface area contributed by atoms with Crippen molar-refractivity contribution >= 4 is 6.09 Å². The third kappa shape index (κ3) is 4.28. The highest BCUT2D eigenvalue weighted by Crippen LogP contribution is 2.39. The molecule has 0 bridgehead atoms. The Morgan fingerprint density at radius 1 is 1.21 bits per heavy atom. The minimum Gasteiger partial charge on any atom is -0.443 e. The maximum atomic E-state index is 12.3. The number of piperidine rings is 2. The first kappa shape index (κ1) is 19.3. The SMILES string of the molecule is CC1(OC(=O)N2CCC(c3noc(C4CCNC([C@H]5CCOC5)C4)n3)CC2)CC1. The van der Waals surface area contributed by atoms with Crippen LogP contribution in [0.2, 0.25) is 0 Å². The number of ether oxygens (including phenoxy) is 2. The smallest absolute Gasteiger partial charge is 0.410 e. The minimum atomic E-state index is -0.214. The van der Waals surface area contributed by atoms with Gasteiger partial charge in [0, 0.05) is 37.6 Å². The van der Waals surface area contributed by atoms with Crippen LogP contribution in [0.3, 0.4) is 0 Å². The number of hydrogen-bond donors (Lipinski definition) is 1. The molecular formula is C21H32N4O4. The Morgan fingerprint density at radius 3 is 2.76 bits per heavy atom. The molecule has 1 saturated carbocycles. The predicted molar refractivity (Wildman–Crippen MR) is 105 cm³/mol. The van der Waals surface area contributed by atoms with Crippen LogP contribution in [-0.4, -0.2) is 65.6 Å². The van der Waals surface area contributed by atoms with E-state index in [9.17, 15) is 4.79 Å². The Balaban J connectivity index is 1.15. The lowest BCUT2D eigenvalue weighted by atomic mass is 9.85. The van der Waals surface area contributed by atoms with E-state index in [1.54, 1.807) is 0 Å². The van der Waals surface area contributed by atoms with Crippen LogP contribution in [0.15, 0.2) is 4.52 Å². The average Bonchev–Trinajstić information content (AvgIpc) is 3.18. The molecule has 1 amide bonds. The number of amides is 1. The van der Waals surface area contributed by atoms with Gasteiger partial charge in [-0.2, -0.15) is 4.98 Å². The first-order valence-electron chi connectivity index (χ1n) is 11.2. The summed E-state index contributed by atoms with van der Waals surface area (Å²) in [5, 5.41) is 7.96. The van der Waals surface area contributed by atoms with Crippen LogP contribution in [0.4, 0.5) is 4.79 Å². The van der Waals surface area contributed by atoms with E-state index in [4.69, 9.17) is 19.0 Å². The zero-order chi connectivity index (χ0) is 19.8. The Kier molecular flexibility index (Phi) is 5.24. The van der Waals surface area contributed by atoms with Crippen molar-refractivity contribution in [2.45, 2.75) is 75.3 Å². The van der Waals surface area contributed by atoms with E-state index in [0.29, 0.717) is 31.0 Å². The Morgan fingerprint density at radius 2 is 2.03 bits per heavy atom. The molecule has 0 spiro atoms. The fourth-order valence-corrected chi connectivity index (χ4v) is 4.86. The van der Waals surface area contributed by atoms with Crippen LogP contribution in [-0.2, 0) is 9.47 Å². The van der Waals surface area contributed by atoms with Crippen molar-refractivity contribution in [3.05, 3.63) is 11.7 Å². The zero-order valence-electron chi connectivity index (χ0n) is 17.3. The Hall–Kier alpha value is -1.67. The van der Waals surface area contributed by atoms with Crippen LogP contribution in [0, 0.1) is 5.92 Å². The largest absolute Gasteiger partial charge is 0.443 e. The highest BCUT2D eigenvalue weighted by molar-refractivity contribution is 5.68. The summed E-state index contributed by atoms with van der Waals surface area (Å²) in [6, 6.07) is 0.481. The van der Waals surface area contributed by atoms with E-state index in [1.165, 1.54) is 0 Å². The molecule has 4 heterocycles. The van der Waals surface area contributed by atoms with Crippen molar-refractivity contribution in [3.8, 4) is 0 Å². The molecular weight excluding hydrogens is 372 g/mol. The van der Waals surface area contributed by atoms with E-state index >= 15 is 0 Å². The van der Waals surface area contributed by atoms with E-state index in [1.807, 2.05) is 11.8 Å². The molecule has 3 atom stereocenters. The molecule has 2 unspecified atom stereocenters. The minimum absolute atomic E-state index is 0.172. The van der Waals surface area contributed by atoms with Gasteiger partial charge >= 0.3 is 6.09 Å². The quantitative estimate of drug-likeness (QED) is 0.825. The molecule has 4 aliphatic rings. The van der Waals surface area contributed by atoms with Crippen molar-refractivity contribution in [1.82, 2.24) is 20.4 Å². The molecule has 3 saturated heterocycles. The third-order valence-corrected chi connectivity index (χ3v) is 7.18. The average molecular weight is 405 g/mol. The lowest BCUT2D eigenvalue weighted by molar-refractivity contribution is 0.0518. The van der Waals surface area contributed by atoms with Crippen molar-refractivity contribution in [1.29, 1.82) is 0 Å². The van der Waals surface area contributed by atoms with Gasteiger partial charge in [0.25, 0.3) is 0 Å². The summed E-state index contributed by atoms with van der Waals surface area (Å²) in [6.07, 6.45) is 6.72. The number of rotatable bonds is 4. The number of likely N-dealkylation sites (tertiary alicyclic amines) is 1. The Labute approximate surface area is 171 Å². The first-order valence-corrected chi connectivity index (χ1v) is 11.2. The molecule has 3 aliphatic heterocycles. The third-order valence-electron chi connectivity index (χ3n) is 7.18. The Bertz CT molecular complexity index is 720. The lowest BCUT2D eigenvalue weighted by Crippen LogP contribution is -2.42. The van der Waals surface area contributed by atoms with Crippen molar-refractivity contribution in [2.75, 3.05) is 32.8 Å². The predicted octanol–water partition coefficient (Wildman–Crippen LogP) is 2.81. The van der Waals surface area contributed by atoms with E-state index in [2.05, 4.69) is 10.5 Å². The molecule has 1 aliphatic carbocycles.